The zero-order chi connectivity index (χ0) is 20.1. The summed E-state index contributed by atoms with van der Waals surface area (Å²) in [6.45, 7) is 1.96. The van der Waals surface area contributed by atoms with Gasteiger partial charge in [-0.2, -0.15) is 0 Å². The third kappa shape index (κ3) is 5.51. The van der Waals surface area contributed by atoms with Crippen molar-refractivity contribution < 1.29 is 14.3 Å². The Hall–Kier alpha value is -2.48. The molecule has 0 fully saturated rings. The highest BCUT2D eigenvalue weighted by molar-refractivity contribution is 7.09. The van der Waals surface area contributed by atoms with E-state index in [4.69, 9.17) is 27.9 Å². The Morgan fingerprint density at radius 3 is 2.68 bits per heavy atom. The van der Waals surface area contributed by atoms with Crippen molar-refractivity contribution in [1.82, 2.24) is 9.97 Å². The molecule has 2 heterocycles. The molecule has 0 aliphatic rings. The van der Waals surface area contributed by atoms with Crippen molar-refractivity contribution in [3.8, 4) is 0 Å². The summed E-state index contributed by atoms with van der Waals surface area (Å²) in [7, 11) is 0. The van der Waals surface area contributed by atoms with Gasteiger partial charge in [0.2, 0.25) is 5.91 Å². The second-order valence-electron chi connectivity index (χ2n) is 5.90. The number of hydrogen-bond acceptors (Lipinski definition) is 6. The zero-order valence-corrected chi connectivity index (χ0v) is 17.1. The summed E-state index contributed by atoms with van der Waals surface area (Å²) in [4.78, 5) is 32.3. The number of thiazole rings is 1. The van der Waals surface area contributed by atoms with Gasteiger partial charge in [0, 0.05) is 17.3 Å². The molecule has 1 aromatic carbocycles. The summed E-state index contributed by atoms with van der Waals surface area (Å²) in [6, 6.07) is 8.93. The van der Waals surface area contributed by atoms with E-state index in [1.165, 1.54) is 23.6 Å². The molecule has 2 aromatic heterocycles. The number of rotatable bonds is 6. The molecule has 144 valence electrons. The van der Waals surface area contributed by atoms with Crippen molar-refractivity contribution in [3.05, 3.63) is 73.9 Å². The predicted octanol–water partition coefficient (Wildman–Crippen LogP) is 4.69. The highest BCUT2D eigenvalue weighted by Gasteiger charge is 2.13. The van der Waals surface area contributed by atoms with E-state index in [1.807, 2.05) is 31.2 Å². The van der Waals surface area contributed by atoms with Gasteiger partial charge in [0.05, 0.1) is 22.7 Å². The van der Waals surface area contributed by atoms with Gasteiger partial charge < -0.3 is 10.1 Å². The van der Waals surface area contributed by atoms with Gasteiger partial charge in [-0.05, 0) is 25.1 Å². The average Bonchev–Trinajstić information content (AvgIpc) is 3.11. The fraction of sp³-hybridized carbons (Fsp3) is 0.158. The molecule has 0 aliphatic heterocycles. The highest BCUT2D eigenvalue weighted by Crippen LogP contribution is 2.20. The first-order valence-corrected chi connectivity index (χ1v) is 9.82. The number of carbonyl (C=O) groups is 2. The molecule has 3 rings (SSSR count). The zero-order valence-electron chi connectivity index (χ0n) is 14.7. The number of hydrogen-bond donors (Lipinski definition) is 1. The van der Waals surface area contributed by atoms with Gasteiger partial charge in [-0.25, -0.2) is 14.8 Å². The van der Waals surface area contributed by atoms with Crippen LogP contribution in [0.15, 0.2) is 41.9 Å². The number of benzene rings is 1. The van der Waals surface area contributed by atoms with E-state index >= 15 is 0 Å². The number of carbonyl (C=O) groups excluding carboxylic acids is 2. The lowest BCUT2D eigenvalue weighted by Gasteiger charge is -2.04. The summed E-state index contributed by atoms with van der Waals surface area (Å²) >= 11 is 12.9. The lowest BCUT2D eigenvalue weighted by Crippen LogP contribution is -2.14. The molecular weight excluding hydrogens is 421 g/mol. The van der Waals surface area contributed by atoms with Crippen LogP contribution in [-0.4, -0.2) is 21.8 Å². The molecule has 9 heteroatoms. The molecule has 3 aromatic rings. The van der Waals surface area contributed by atoms with E-state index in [0.29, 0.717) is 10.7 Å². The molecule has 1 amide bonds. The van der Waals surface area contributed by atoms with E-state index in [9.17, 15) is 9.59 Å². The Kier molecular flexibility index (Phi) is 6.61. The second kappa shape index (κ2) is 9.14. The van der Waals surface area contributed by atoms with E-state index < -0.39 is 5.97 Å². The maximum Gasteiger partial charge on any atom is 0.340 e. The molecule has 0 saturated carbocycles. The minimum Gasteiger partial charge on any atom is -0.456 e. The van der Waals surface area contributed by atoms with Crippen LogP contribution >= 0.6 is 34.5 Å². The number of ether oxygens (including phenoxy) is 1. The smallest absolute Gasteiger partial charge is 0.340 e. The van der Waals surface area contributed by atoms with Crippen LogP contribution in [0.5, 0.6) is 0 Å². The monoisotopic (exact) mass is 435 g/mol. The van der Waals surface area contributed by atoms with Crippen LogP contribution in [0.3, 0.4) is 0 Å². The molecule has 1 N–H and O–H groups in total. The number of anilines is 1. The van der Waals surface area contributed by atoms with E-state index in [2.05, 4.69) is 15.3 Å². The van der Waals surface area contributed by atoms with E-state index in [0.717, 1.165) is 11.3 Å². The van der Waals surface area contributed by atoms with Crippen molar-refractivity contribution in [2.24, 2.45) is 0 Å². The maximum atomic E-state index is 12.1. The van der Waals surface area contributed by atoms with E-state index in [1.54, 1.807) is 5.38 Å². The Bertz CT molecular complexity index is 1010. The van der Waals surface area contributed by atoms with Crippen LogP contribution in [0.4, 0.5) is 5.69 Å². The molecule has 28 heavy (non-hydrogen) atoms. The van der Waals surface area contributed by atoms with Gasteiger partial charge in [-0.1, -0.05) is 40.9 Å². The Balaban J connectivity index is 1.52. The lowest BCUT2D eigenvalue weighted by molar-refractivity contribution is -0.115. The summed E-state index contributed by atoms with van der Waals surface area (Å²) < 4.78 is 5.20. The van der Waals surface area contributed by atoms with Crippen LogP contribution < -0.4 is 5.32 Å². The fourth-order valence-electron chi connectivity index (χ4n) is 2.23. The SMILES string of the molecule is Cc1ccc(NC(=O)Cc2nc(COC(=O)c3cnc(Cl)c(Cl)c3)cs2)cc1. The van der Waals surface area contributed by atoms with Gasteiger partial charge in [-0.3, -0.25) is 4.79 Å². The molecular formula is C19H15Cl2N3O3S. The van der Waals surface area contributed by atoms with Crippen LogP contribution in [-0.2, 0) is 22.6 Å². The molecule has 6 nitrogen and oxygen atoms in total. The second-order valence-corrected chi connectivity index (χ2v) is 7.60. The van der Waals surface area contributed by atoms with Gasteiger partial charge in [0.25, 0.3) is 0 Å². The number of halogens is 2. The number of nitrogens with one attached hydrogen (secondary N) is 1. The topological polar surface area (TPSA) is 81.2 Å². The van der Waals surface area contributed by atoms with Crippen molar-refractivity contribution in [2.45, 2.75) is 20.0 Å². The molecule has 0 bridgehead atoms. The van der Waals surface area contributed by atoms with E-state index in [-0.39, 0.29) is 34.7 Å². The normalized spacial score (nSPS) is 10.5. The van der Waals surface area contributed by atoms with Crippen LogP contribution in [0, 0.1) is 6.92 Å². The van der Waals surface area contributed by atoms with Crippen molar-refractivity contribution in [1.29, 1.82) is 0 Å². The lowest BCUT2D eigenvalue weighted by atomic mass is 10.2. The maximum absolute atomic E-state index is 12.1. The van der Waals surface area contributed by atoms with Gasteiger partial charge in [0.15, 0.2) is 0 Å². The average molecular weight is 436 g/mol. The summed E-state index contributed by atoms with van der Waals surface area (Å²) in [5.41, 5.74) is 2.61. The van der Waals surface area contributed by atoms with Crippen molar-refractivity contribution in [3.63, 3.8) is 0 Å². The largest absolute Gasteiger partial charge is 0.456 e. The number of amides is 1. The standard InChI is InChI=1S/C19H15Cl2N3O3S/c1-11-2-4-13(5-3-11)23-16(25)7-17-24-14(10-28-17)9-27-19(26)12-6-15(20)18(21)22-8-12/h2-6,8,10H,7,9H2,1H3,(H,23,25). The summed E-state index contributed by atoms with van der Waals surface area (Å²) in [5.74, 6) is -0.749. The third-order valence-electron chi connectivity index (χ3n) is 3.63. The van der Waals surface area contributed by atoms with Crippen molar-refractivity contribution >= 4 is 52.1 Å². The Morgan fingerprint density at radius 1 is 1.21 bits per heavy atom. The third-order valence-corrected chi connectivity index (χ3v) is 5.21. The van der Waals surface area contributed by atoms with Gasteiger partial charge in [0.1, 0.15) is 16.8 Å². The van der Waals surface area contributed by atoms with Crippen LogP contribution in [0.2, 0.25) is 10.2 Å². The number of esters is 1. The molecule has 0 saturated heterocycles. The minimum absolute atomic E-state index is 0.0187. The first-order chi connectivity index (χ1) is 13.4. The Labute approximate surface area is 175 Å². The highest BCUT2D eigenvalue weighted by atomic mass is 35.5. The predicted molar refractivity (Wildman–Crippen MR) is 109 cm³/mol. The van der Waals surface area contributed by atoms with Crippen LogP contribution in [0.25, 0.3) is 0 Å². The fourth-order valence-corrected chi connectivity index (χ4v) is 3.28. The minimum atomic E-state index is -0.585. The van der Waals surface area contributed by atoms with Gasteiger partial charge in [-0.15, -0.1) is 11.3 Å². The molecule has 0 atom stereocenters. The molecule has 0 radical (unpaired) electrons. The summed E-state index contributed by atoms with van der Waals surface area (Å²) in [5, 5.41) is 5.49. The number of pyridine rings is 1. The molecule has 0 unspecified atom stereocenters. The quantitative estimate of drug-likeness (QED) is 0.448. The van der Waals surface area contributed by atoms with Gasteiger partial charge >= 0.3 is 5.97 Å². The molecule has 0 spiro atoms. The number of nitrogens with zero attached hydrogens (tertiary/aromatic N) is 2. The number of aryl methyl sites for hydroxylation is 1. The van der Waals surface area contributed by atoms with Crippen LogP contribution in [0.1, 0.15) is 26.6 Å². The number of aromatic nitrogens is 2. The summed E-state index contributed by atoms with van der Waals surface area (Å²) in [6.07, 6.45) is 1.43. The first kappa shape index (κ1) is 20.3. The Morgan fingerprint density at radius 2 is 1.96 bits per heavy atom. The first-order valence-electron chi connectivity index (χ1n) is 8.18. The molecule has 0 aliphatic carbocycles. The van der Waals surface area contributed by atoms with Crippen molar-refractivity contribution in [2.75, 3.05) is 5.32 Å².